The fourth-order valence-corrected chi connectivity index (χ4v) is 4.14. The number of nitrogens with two attached hydrogens (primary N) is 2. The molecule has 32 heavy (non-hydrogen) atoms. The van der Waals surface area contributed by atoms with E-state index in [9.17, 15) is 0 Å². The first-order valence-electron chi connectivity index (χ1n) is 10.5. The van der Waals surface area contributed by atoms with Gasteiger partial charge in [0.1, 0.15) is 5.82 Å². The molecule has 2 aromatic carbocycles. The third-order valence-corrected chi connectivity index (χ3v) is 5.93. The molecule has 0 saturated carbocycles. The average Bonchev–Trinajstić information content (AvgIpc) is 3.20. The van der Waals surface area contributed by atoms with E-state index >= 15 is 0 Å². The summed E-state index contributed by atoms with van der Waals surface area (Å²) < 4.78 is 2.06. The third kappa shape index (κ3) is 5.05. The van der Waals surface area contributed by atoms with E-state index < -0.39 is 0 Å². The highest BCUT2D eigenvalue weighted by Gasteiger charge is 2.17. The second-order valence-electron chi connectivity index (χ2n) is 7.53. The Morgan fingerprint density at radius 2 is 1.56 bits per heavy atom. The minimum atomic E-state index is 0.109. The zero-order valence-electron chi connectivity index (χ0n) is 18.2. The van der Waals surface area contributed by atoms with Gasteiger partial charge in [-0.15, -0.1) is 10.2 Å². The van der Waals surface area contributed by atoms with Gasteiger partial charge in [-0.3, -0.25) is 4.57 Å². The molecular formula is C23H26N8S. The van der Waals surface area contributed by atoms with Crippen molar-refractivity contribution in [2.24, 2.45) is 0 Å². The highest BCUT2D eigenvalue weighted by Crippen LogP contribution is 2.30. The number of aromatic nitrogens is 6. The number of hydrogen-bond acceptors (Lipinski definition) is 8. The van der Waals surface area contributed by atoms with Crippen molar-refractivity contribution in [1.82, 2.24) is 29.7 Å². The number of unbranched alkanes of at least 4 members (excludes halogenated alkanes) is 1. The number of rotatable bonds is 8. The van der Waals surface area contributed by atoms with Gasteiger partial charge < -0.3 is 11.5 Å². The molecule has 164 valence electrons. The first-order chi connectivity index (χ1) is 15.5. The molecule has 9 heteroatoms. The molecule has 0 amide bonds. The molecule has 0 aliphatic heterocycles. The van der Waals surface area contributed by atoms with Gasteiger partial charge >= 0.3 is 0 Å². The second-order valence-corrected chi connectivity index (χ2v) is 8.48. The van der Waals surface area contributed by atoms with Crippen molar-refractivity contribution in [3.63, 3.8) is 0 Å². The molecule has 0 aliphatic rings. The van der Waals surface area contributed by atoms with Crippen molar-refractivity contribution in [3.8, 4) is 17.1 Å². The topological polar surface area (TPSA) is 121 Å². The molecule has 4 N–H and O–H groups in total. The van der Waals surface area contributed by atoms with Crippen LogP contribution in [0.4, 0.5) is 11.9 Å². The molecule has 4 rings (SSSR count). The Hall–Kier alpha value is -3.46. The lowest BCUT2D eigenvalue weighted by molar-refractivity contribution is 0.794. The summed E-state index contributed by atoms with van der Waals surface area (Å²) in [4.78, 5) is 12.2. The van der Waals surface area contributed by atoms with E-state index in [-0.39, 0.29) is 11.9 Å². The number of nitrogens with zero attached hydrogens (tertiary/aromatic N) is 6. The van der Waals surface area contributed by atoms with E-state index in [4.69, 9.17) is 11.5 Å². The second kappa shape index (κ2) is 9.78. The average molecular weight is 447 g/mol. The van der Waals surface area contributed by atoms with Gasteiger partial charge in [0.25, 0.3) is 0 Å². The number of anilines is 2. The lowest BCUT2D eigenvalue weighted by Gasteiger charge is -2.11. The molecule has 0 saturated heterocycles. The maximum atomic E-state index is 5.71. The van der Waals surface area contributed by atoms with Gasteiger partial charge in [0.15, 0.2) is 11.0 Å². The zero-order chi connectivity index (χ0) is 22.5. The number of aryl methyl sites for hydroxylation is 2. The van der Waals surface area contributed by atoms with Crippen LogP contribution in [0.1, 0.15) is 36.7 Å². The predicted octanol–water partition coefficient (Wildman–Crippen LogP) is 4.23. The molecule has 2 aromatic heterocycles. The fraction of sp³-hybridized carbons (Fsp3) is 0.261. The maximum absolute atomic E-state index is 5.71. The van der Waals surface area contributed by atoms with Crippen LogP contribution >= 0.6 is 11.8 Å². The lowest BCUT2D eigenvalue weighted by Crippen LogP contribution is -2.06. The Balaban J connectivity index is 1.69. The van der Waals surface area contributed by atoms with Crippen LogP contribution in [0, 0.1) is 6.92 Å². The first-order valence-corrected chi connectivity index (χ1v) is 11.5. The lowest BCUT2D eigenvalue weighted by atomic mass is 10.1. The van der Waals surface area contributed by atoms with Crippen molar-refractivity contribution < 1.29 is 0 Å². The Labute approximate surface area is 191 Å². The number of benzene rings is 2. The van der Waals surface area contributed by atoms with Crippen LogP contribution in [0.25, 0.3) is 17.1 Å². The highest BCUT2D eigenvalue weighted by atomic mass is 32.2. The molecule has 0 bridgehead atoms. The number of hydrogen-bond donors (Lipinski definition) is 2. The van der Waals surface area contributed by atoms with E-state index in [2.05, 4.69) is 92.1 Å². The van der Waals surface area contributed by atoms with Crippen molar-refractivity contribution in [2.45, 2.75) is 44.0 Å². The quantitative estimate of drug-likeness (QED) is 0.386. The van der Waals surface area contributed by atoms with E-state index in [1.54, 1.807) is 0 Å². The van der Waals surface area contributed by atoms with Crippen LogP contribution in [0.5, 0.6) is 0 Å². The molecule has 4 aromatic rings. The van der Waals surface area contributed by atoms with Crippen molar-refractivity contribution in [2.75, 3.05) is 11.5 Å². The van der Waals surface area contributed by atoms with Gasteiger partial charge in [-0.1, -0.05) is 67.1 Å². The third-order valence-electron chi connectivity index (χ3n) is 5.00. The Morgan fingerprint density at radius 3 is 2.22 bits per heavy atom. The van der Waals surface area contributed by atoms with Crippen molar-refractivity contribution in [3.05, 3.63) is 65.5 Å². The molecule has 0 atom stereocenters. The highest BCUT2D eigenvalue weighted by molar-refractivity contribution is 7.98. The summed E-state index contributed by atoms with van der Waals surface area (Å²) in [7, 11) is 0. The van der Waals surface area contributed by atoms with Crippen LogP contribution < -0.4 is 11.5 Å². The van der Waals surface area contributed by atoms with Gasteiger partial charge in [-0.25, -0.2) is 0 Å². The summed E-state index contributed by atoms with van der Waals surface area (Å²) in [5.74, 6) is 1.94. The van der Waals surface area contributed by atoms with Gasteiger partial charge in [-0.2, -0.15) is 15.0 Å². The summed E-state index contributed by atoms with van der Waals surface area (Å²) >= 11 is 1.47. The number of nitrogen functional groups attached to an aromatic ring is 2. The molecule has 0 radical (unpaired) electrons. The van der Waals surface area contributed by atoms with Gasteiger partial charge in [-0.05, 0) is 37.5 Å². The Bertz CT molecular complexity index is 1170. The summed E-state index contributed by atoms with van der Waals surface area (Å²) in [5.41, 5.74) is 15.9. The minimum absolute atomic E-state index is 0.109. The standard InChI is InChI=1S/C23H26N8S/c1-3-4-5-16-8-12-18(13-9-16)31-20(17-10-6-15(2)7-11-17)29-30-23(31)32-14-19-26-21(24)28-22(25)27-19/h6-13H,3-5,14H2,1-2H3,(H4,24,25,26,27,28). The first kappa shape index (κ1) is 21.8. The van der Waals surface area contributed by atoms with Gasteiger partial charge in [0.2, 0.25) is 11.9 Å². The monoisotopic (exact) mass is 446 g/mol. The molecule has 0 unspecified atom stereocenters. The zero-order valence-corrected chi connectivity index (χ0v) is 19.0. The van der Waals surface area contributed by atoms with Crippen molar-refractivity contribution in [1.29, 1.82) is 0 Å². The van der Waals surface area contributed by atoms with Crippen LogP contribution in [-0.4, -0.2) is 29.7 Å². The molecule has 0 aliphatic carbocycles. The largest absolute Gasteiger partial charge is 0.368 e. The Kier molecular flexibility index (Phi) is 6.65. The predicted molar refractivity (Wildman–Crippen MR) is 128 cm³/mol. The number of thioether (sulfide) groups is 1. The molecule has 0 spiro atoms. The van der Waals surface area contributed by atoms with E-state index in [0.29, 0.717) is 11.6 Å². The van der Waals surface area contributed by atoms with Gasteiger partial charge in [0.05, 0.1) is 5.75 Å². The van der Waals surface area contributed by atoms with E-state index in [0.717, 1.165) is 28.7 Å². The summed E-state index contributed by atoms with van der Waals surface area (Å²) in [6.45, 7) is 4.27. The van der Waals surface area contributed by atoms with Crippen molar-refractivity contribution >= 4 is 23.7 Å². The smallest absolute Gasteiger partial charge is 0.225 e. The maximum Gasteiger partial charge on any atom is 0.225 e. The molecule has 8 nitrogen and oxygen atoms in total. The van der Waals surface area contributed by atoms with E-state index in [1.165, 1.54) is 35.7 Å². The SMILES string of the molecule is CCCCc1ccc(-n2c(SCc3nc(N)nc(N)n3)nnc2-c2ccc(C)cc2)cc1. The van der Waals surface area contributed by atoms with Crippen LogP contribution in [0.15, 0.2) is 53.7 Å². The van der Waals surface area contributed by atoms with E-state index in [1.807, 2.05) is 0 Å². The van der Waals surface area contributed by atoms with Crippen LogP contribution in [-0.2, 0) is 12.2 Å². The normalized spacial score (nSPS) is 11.1. The fourth-order valence-electron chi connectivity index (χ4n) is 3.33. The summed E-state index contributed by atoms with van der Waals surface area (Å²) in [6.07, 6.45) is 3.44. The van der Waals surface area contributed by atoms with Gasteiger partial charge in [0, 0.05) is 11.3 Å². The summed E-state index contributed by atoms with van der Waals surface area (Å²) in [5, 5.41) is 9.70. The molecular weight excluding hydrogens is 420 g/mol. The summed E-state index contributed by atoms with van der Waals surface area (Å²) in [6, 6.07) is 16.9. The van der Waals surface area contributed by atoms with Crippen LogP contribution in [0.3, 0.4) is 0 Å². The minimum Gasteiger partial charge on any atom is -0.368 e. The molecule has 0 fully saturated rings. The molecule has 2 heterocycles. The van der Waals surface area contributed by atoms with Crippen LogP contribution in [0.2, 0.25) is 0 Å². The Morgan fingerprint density at radius 1 is 0.875 bits per heavy atom.